The Kier molecular flexibility index (Phi) is 5.63. The lowest BCUT2D eigenvalue weighted by atomic mass is 9.92. The Morgan fingerprint density at radius 2 is 1.60 bits per heavy atom. The molecule has 0 heterocycles. The van der Waals surface area contributed by atoms with Crippen molar-refractivity contribution >= 4 is 0 Å². The van der Waals surface area contributed by atoms with Crippen LogP contribution in [-0.4, -0.2) is 6.54 Å². The van der Waals surface area contributed by atoms with Crippen molar-refractivity contribution in [1.82, 2.24) is 0 Å². The first-order valence-electron chi connectivity index (χ1n) is 7.36. The lowest BCUT2D eigenvalue weighted by Gasteiger charge is -2.15. The van der Waals surface area contributed by atoms with E-state index in [9.17, 15) is 0 Å². The standard InChI is InChI=1S/C18H23NO/c1-2-15(7-6-14-19)16-10-12-18(13-11-16)20-17-8-4-3-5-9-17/h3-5,8-13,15H,2,6-7,14,19H2,1H3. The second-order valence-corrected chi connectivity index (χ2v) is 5.02. The highest BCUT2D eigenvalue weighted by atomic mass is 16.5. The van der Waals surface area contributed by atoms with E-state index in [4.69, 9.17) is 10.5 Å². The molecule has 1 unspecified atom stereocenters. The molecule has 2 aromatic rings. The van der Waals surface area contributed by atoms with Crippen LogP contribution in [0.25, 0.3) is 0 Å². The van der Waals surface area contributed by atoms with Crippen molar-refractivity contribution in [2.75, 3.05) is 6.54 Å². The highest BCUT2D eigenvalue weighted by Crippen LogP contribution is 2.28. The van der Waals surface area contributed by atoms with E-state index in [1.54, 1.807) is 0 Å². The zero-order valence-corrected chi connectivity index (χ0v) is 12.1. The Morgan fingerprint density at radius 3 is 2.20 bits per heavy atom. The van der Waals surface area contributed by atoms with Crippen LogP contribution in [0.3, 0.4) is 0 Å². The number of benzene rings is 2. The molecule has 0 aromatic heterocycles. The van der Waals surface area contributed by atoms with E-state index >= 15 is 0 Å². The maximum atomic E-state index is 5.81. The minimum Gasteiger partial charge on any atom is -0.457 e. The summed E-state index contributed by atoms with van der Waals surface area (Å²) in [6.07, 6.45) is 3.39. The van der Waals surface area contributed by atoms with Gasteiger partial charge >= 0.3 is 0 Å². The number of para-hydroxylation sites is 1. The molecule has 106 valence electrons. The van der Waals surface area contributed by atoms with Gasteiger partial charge in [0.15, 0.2) is 0 Å². The molecule has 0 bridgehead atoms. The van der Waals surface area contributed by atoms with E-state index in [2.05, 4.69) is 19.1 Å². The quantitative estimate of drug-likeness (QED) is 0.790. The van der Waals surface area contributed by atoms with Crippen LogP contribution in [0.15, 0.2) is 54.6 Å². The number of ether oxygens (including phenoxy) is 1. The van der Waals surface area contributed by atoms with Crippen molar-refractivity contribution in [3.8, 4) is 11.5 Å². The van der Waals surface area contributed by atoms with Gasteiger partial charge in [-0.05, 0) is 61.6 Å². The lowest BCUT2D eigenvalue weighted by Crippen LogP contribution is -2.03. The molecular formula is C18H23NO. The van der Waals surface area contributed by atoms with Gasteiger partial charge in [-0.1, -0.05) is 37.3 Å². The van der Waals surface area contributed by atoms with Crippen molar-refractivity contribution in [3.63, 3.8) is 0 Å². The summed E-state index contributed by atoms with van der Waals surface area (Å²) in [5.74, 6) is 2.35. The summed E-state index contributed by atoms with van der Waals surface area (Å²) in [6.45, 7) is 3.00. The monoisotopic (exact) mass is 269 g/mol. The SMILES string of the molecule is CCC(CCCN)c1ccc(Oc2ccccc2)cc1. The van der Waals surface area contributed by atoms with Crippen LogP contribution < -0.4 is 10.5 Å². The van der Waals surface area contributed by atoms with E-state index in [-0.39, 0.29) is 0 Å². The molecule has 0 radical (unpaired) electrons. The van der Waals surface area contributed by atoms with Gasteiger partial charge in [-0.25, -0.2) is 0 Å². The van der Waals surface area contributed by atoms with Crippen LogP contribution in [0.2, 0.25) is 0 Å². The molecule has 2 heteroatoms. The summed E-state index contributed by atoms with van der Waals surface area (Å²) < 4.78 is 5.81. The van der Waals surface area contributed by atoms with Crippen LogP contribution in [-0.2, 0) is 0 Å². The molecule has 0 aliphatic rings. The van der Waals surface area contributed by atoms with Gasteiger partial charge in [-0.15, -0.1) is 0 Å². The van der Waals surface area contributed by atoms with Crippen LogP contribution in [0.5, 0.6) is 11.5 Å². The normalized spacial score (nSPS) is 12.1. The summed E-state index contributed by atoms with van der Waals surface area (Å²) in [4.78, 5) is 0. The van der Waals surface area contributed by atoms with Crippen LogP contribution in [0.4, 0.5) is 0 Å². The molecule has 0 aliphatic carbocycles. The van der Waals surface area contributed by atoms with E-state index in [0.29, 0.717) is 5.92 Å². The minimum atomic E-state index is 0.601. The summed E-state index contributed by atoms with van der Waals surface area (Å²) in [6, 6.07) is 18.3. The van der Waals surface area contributed by atoms with E-state index in [1.807, 2.05) is 42.5 Å². The first-order chi connectivity index (χ1) is 9.83. The number of hydrogen-bond donors (Lipinski definition) is 1. The van der Waals surface area contributed by atoms with Crippen LogP contribution in [0.1, 0.15) is 37.7 Å². The third-order valence-electron chi connectivity index (χ3n) is 3.58. The first-order valence-corrected chi connectivity index (χ1v) is 7.36. The molecule has 0 spiro atoms. The molecular weight excluding hydrogens is 246 g/mol. The Bertz CT molecular complexity index is 493. The van der Waals surface area contributed by atoms with Crippen molar-refractivity contribution in [1.29, 1.82) is 0 Å². The van der Waals surface area contributed by atoms with Gasteiger partial charge in [0.1, 0.15) is 11.5 Å². The van der Waals surface area contributed by atoms with Crippen molar-refractivity contribution in [2.45, 2.75) is 32.1 Å². The van der Waals surface area contributed by atoms with Gasteiger partial charge in [0.2, 0.25) is 0 Å². The predicted molar refractivity (Wildman–Crippen MR) is 84.3 cm³/mol. The zero-order chi connectivity index (χ0) is 14.2. The molecule has 20 heavy (non-hydrogen) atoms. The molecule has 2 nitrogen and oxygen atoms in total. The third kappa shape index (κ3) is 4.10. The van der Waals surface area contributed by atoms with Crippen molar-refractivity contribution < 1.29 is 4.74 Å². The second kappa shape index (κ2) is 7.71. The minimum absolute atomic E-state index is 0.601. The number of hydrogen-bond acceptors (Lipinski definition) is 2. The molecule has 1 atom stereocenters. The Morgan fingerprint density at radius 1 is 0.950 bits per heavy atom. The average molecular weight is 269 g/mol. The second-order valence-electron chi connectivity index (χ2n) is 5.02. The summed E-state index contributed by atoms with van der Waals surface area (Å²) >= 11 is 0. The topological polar surface area (TPSA) is 35.2 Å². The fraction of sp³-hybridized carbons (Fsp3) is 0.333. The highest BCUT2D eigenvalue weighted by molar-refractivity contribution is 5.34. The van der Waals surface area contributed by atoms with Gasteiger partial charge in [0, 0.05) is 0 Å². The van der Waals surface area contributed by atoms with Crippen LogP contribution in [0, 0.1) is 0 Å². The molecule has 0 fully saturated rings. The molecule has 0 aliphatic heterocycles. The number of rotatable bonds is 7. The average Bonchev–Trinajstić information content (AvgIpc) is 2.50. The fourth-order valence-electron chi connectivity index (χ4n) is 2.40. The Hall–Kier alpha value is -1.80. The molecule has 2 N–H and O–H groups in total. The van der Waals surface area contributed by atoms with Gasteiger partial charge in [-0.3, -0.25) is 0 Å². The smallest absolute Gasteiger partial charge is 0.127 e. The zero-order valence-electron chi connectivity index (χ0n) is 12.1. The Balaban J connectivity index is 2.02. The van der Waals surface area contributed by atoms with E-state index in [0.717, 1.165) is 37.3 Å². The van der Waals surface area contributed by atoms with Crippen LogP contribution >= 0.6 is 0 Å². The first kappa shape index (κ1) is 14.6. The fourth-order valence-corrected chi connectivity index (χ4v) is 2.40. The van der Waals surface area contributed by atoms with Gasteiger partial charge in [-0.2, -0.15) is 0 Å². The molecule has 0 amide bonds. The largest absolute Gasteiger partial charge is 0.457 e. The summed E-state index contributed by atoms with van der Waals surface area (Å²) in [5.41, 5.74) is 6.98. The predicted octanol–water partition coefficient (Wildman–Crippen LogP) is 4.71. The van der Waals surface area contributed by atoms with Crippen molar-refractivity contribution in [2.24, 2.45) is 5.73 Å². The summed E-state index contributed by atoms with van der Waals surface area (Å²) in [7, 11) is 0. The molecule has 2 aromatic carbocycles. The summed E-state index contributed by atoms with van der Waals surface area (Å²) in [5, 5.41) is 0. The van der Waals surface area contributed by atoms with E-state index < -0.39 is 0 Å². The molecule has 2 rings (SSSR count). The van der Waals surface area contributed by atoms with Gasteiger partial charge < -0.3 is 10.5 Å². The maximum absolute atomic E-state index is 5.81. The molecule has 0 saturated heterocycles. The highest BCUT2D eigenvalue weighted by Gasteiger charge is 2.08. The lowest BCUT2D eigenvalue weighted by molar-refractivity contribution is 0.482. The van der Waals surface area contributed by atoms with Crippen molar-refractivity contribution in [3.05, 3.63) is 60.2 Å². The Labute approximate surface area is 121 Å². The van der Waals surface area contributed by atoms with E-state index in [1.165, 1.54) is 5.56 Å². The van der Waals surface area contributed by atoms with Gasteiger partial charge in [0.25, 0.3) is 0 Å². The maximum Gasteiger partial charge on any atom is 0.127 e. The third-order valence-corrected chi connectivity index (χ3v) is 3.58. The van der Waals surface area contributed by atoms with Gasteiger partial charge in [0.05, 0.1) is 0 Å². The molecule has 0 saturated carbocycles. The number of nitrogens with two attached hydrogens (primary N) is 1.